The van der Waals surface area contributed by atoms with E-state index >= 15 is 0 Å². The van der Waals surface area contributed by atoms with Gasteiger partial charge < -0.3 is 0 Å². The summed E-state index contributed by atoms with van der Waals surface area (Å²) in [6.07, 6.45) is 2.55. The van der Waals surface area contributed by atoms with Crippen molar-refractivity contribution in [2.75, 3.05) is 12.8 Å². The third-order valence-corrected chi connectivity index (χ3v) is 5.44. The van der Waals surface area contributed by atoms with Crippen LogP contribution in [-0.4, -0.2) is 31.4 Å². The summed E-state index contributed by atoms with van der Waals surface area (Å²) >= 11 is 1.61. The van der Waals surface area contributed by atoms with Crippen molar-refractivity contribution in [2.24, 2.45) is 0 Å². The summed E-state index contributed by atoms with van der Waals surface area (Å²) in [6.45, 7) is 3.47. The number of nitrogens with zero attached hydrogens (tertiary/aromatic N) is 1. The smallest absolute Gasteiger partial charge is 0.258 e. The molecular weight excluding hydrogens is 319 g/mol. The van der Waals surface area contributed by atoms with Gasteiger partial charge >= 0.3 is 5.69 Å². The van der Waals surface area contributed by atoms with E-state index in [4.69, 9.17) is 0 Å². The molecule has 0 saturated heterocycles. The van der Waals surface area contributed by atoms with Gasteiger partial charge in [0.05, 0.1) is 9.82 Å². The minimum Gasteiger partial charge on any atom is -0.258 e. The van der Waals surface area contributed by atoms with Crippen LogP contribution >= 0.6 is 11.8 Å². The molecule has 0 aliphatic heterocycles. The minimum atomic E-state index is -3.89. The van der Waals surface area contributed by atoms with Gasteiger partial charge in [-0.15, -0.1) is 0 Å². The van der Waals surface area contributed by atoms with Gasteiger partial charge in [-0.2, -0.15) is 16.2 Å². The fraction of sp³-hybridized carbons (Fsp3) is 0.500. The van der Waals surface area contributed by atoms with E-state index in [-0.39, 0.29) is 22.3 Å². The van der Waals surface area contributed by atoms with Crippen LogP contribution in [0.4, 0.5) is 10.1 Å². The van der Waals surface area contributed by atoms with Gasteiger partial charge in [0.25, 0.3) is 0 Å². The highest BCUT2D eigenvalue weighted by atomic mass is 32.2. The van der Waals surface area contributed by atoms with Crippen molar-refractivity contribution in [2.45, 2.75) is 30.4 Å². The van der Waals surface area contributed by atoms with Crippen LogP contribution in [0, 0.1) is 22.9 Å². The Bertz CT molecular complexity index is 634. The molecule has 0 aliphatic carbocycles. The summed E-state index contributed by atoms with van der Waals surface area (Å²) in [5.41, 5.74) is -0.921. The molecule has 21 heavy (non-hydrogen) atoms. The summed E-state index contributed by atoms with van der Waals surface area (Å²) in [6, 6.07) is 1.82. The van der Waals surface area contributed by atoms with Gasteiger partial charge in [0.1, 0.15) is 0 Å². The summed E-state index contributed by atoms with van der Waals surface area (Å²) in [7, 11) is -3.89. The Morgan fingerprint density at radius 1 is 1.48 bits per heavy atom. The van der Waals surface area contributed by atoms with Crippen molar-refractivity contribution in [3.63, 3.8) is 0 Å². The molecule has 0 spiro atoms. The van der Waals surface area contributed by atoms with Crippen LogP contribution in [0.1, 0.15) is 18.9 Å². The number of nitrogens with one attached hydrogen (secondary N) is 1. The van der Waals surface area contributed by atoms with Crippen LogP contribution in [0.2, 0.25) is 0 Å². The van der Waals surface area contributed by atoms with E-state index in [0.29, 0.717) is 6.42 Å². The Morgan fingerprint density at radius 3 is 2.62 bits per heavy atom. The number of rotatable bonds is 7. The first-order valence-electron chi connectivity index (χ1n) is 6.16. The minimum absolute atomic E-state index is 0.0814. The van der Waals surface area contributed by atoms with E-state index in [9.17, 15) is 22.9 Å². The largest absolute Gasteiger partial charge is 0.306 e. The molecule has 0 radical (unpaired) electrons. The Balaban J connectivity index is 3.01. The second-order valence-corrected chi connectivity index (χ2v) is 7.61. The van der Waals surface area contributed by atoms with Gasteiger partial charge in [-0.3, -0.25) is 10.1 Å². The summed E-state index contributed by atoms with van der Waals surface area (Å²) in [5, 5.41) is 11.0. The predicted octanol–water partition coefficient (Wildman–Crippen LogP) is 2.46. The van der Waals surface area contributed by atoms with Crippen LogP contribution in [0.15, 0.2) is 17.0 Å². The lowest BCUT2D eigenvalue weighted by Gasteiger charge is -2.10. The van der Waals surface area contributed by atoms with E-state index in [0.717, 1.165) is 12.1 Å². The number of halogens is 1. The average molecular weight is 336 g/mol. The topological polar surface area (TPSA) is 89.3 Å². The van der Waals surface area contributed by atoms with E-state index in [1.165, 1.54) is 6.92 Å². The number of benzene rings is 1. The molecule has 1 rings (SSSR count). The Hall–Kier alpha value is -1.19. The van der Waals surface area contributed by atoms with Gasteiger partial charge in [-0.1, -0.05) is 6.92 Å². The molecule has 0 saturated carbocycles. The fourth-order valence-corrected chi connectivity index (χ4v) is 3.11. The van der Waals surface area contributed by atoms with Crippen molar-refractivity contribution in [3.05, 3.63) is 33.6 Å². The number of aryl methyl sites for hydroxylation is 1. The zero-order valence-electron chi connectivity index (χ0n) is 11.9. The average Bonchev–Trinajstić information content (AvgIpc) is 2.40. The maximum Gasteiger partial charge on any atom is 0.306 e. The molecule has 9 heteroatoms. The molecule has 0 aromatic heterocycles. The van der Waals surface area contributed by atoms with Crippen molar-refractivity contribution in [1.29, 1.82) is 0 Å². The highest BCUT2D eigenvalue weighted by molar-refractivity contribution is 7.99. The van der Waals surface area contributed by atoms with Gasteiger partial charge in [0, 0.05) is 17.9 Å². The van der Waals surface area contributed by atoms with Crippen molar-refractivity contribution in [1.82, 2.24) is 4.72 Å². The molecule has 0 heterocycles. The normalized spacial score (nSPS) is 13.1. The van der Waals surface area contributed by atoms with E-state index in [1.54, 1.807) is 11.8 Å². The second-order valence-electron chi connectivity index (χ2n) is 4.56. The Labute approximate surface area is 127 Å². The maximum atomic E-state index is 13.6. The number of hydrogen-bond acceptors (Lipinski definition) is 5. The summed E-state index contributed by atoms with van der Waals surface area (Å²) < 4.78 is 40.1. The molecule has 1 atom stereocenters. The number of sulfonamides is 1. The molecule has 1 unspecified atom stereocenters. The van der Waals surface area contributed by atoms with Gasteiger partial charge in [-0.05, 0) is 31.2 Å². The third kappa shape index (κ3) is 4.65. The van der Waals surface area contributed by atoms with Crippen LogP contribution in [0.3, 0.4) is 0 Å². The molecule has 118 valence electrons. The van der Waals surface area contributed by atoms with Crippen LogP contribution < -0.4 is 4.72 Å². The molecule has 0 amide bonds. The first-order valence-corrected chi connectivity index (χ1v) is 8.93. The van der Waals surface area contributed by atoms with Crippen LogP contribution in [0.5, 0.6) is 0 Å². The van der Waals surface area contributed by atoms with Gasteiger partial charge in [-0.25, -0.2) is 13.1 Å². The second kappa shape index (κ2) is 7.19. The monoisotopic (exact) mass is 336 g/mol. The van der Waals surface area contributed by atoms with Crippen LogP contribution in [0.25, 0.3) is 0 Å². The first-order chi connectivity index (χ1) is 9.69. The lowest BCUT2D eigenvalue weighted by Crippen LogP contribution is -2.26. The summed E-state index contributed by atoms with van der Waals surface area (Å²) in [5.74, 6) is -1.02. The molecule has 1 N–H and O–H groups in total. The zero-order chi connectivity index (χ0) is 16.2. The standard InChI is InChI=1S/C12H17FN2O4S2/c1-8-6-10(7-11(12(8)13)15(16)17)21(18,19)14-5-4-9(2)20-3/h6-7,9,14H,4-5H2,1-3H3. The molecule has 1 aromatic rings. The highest BCUT2D eigenvalue weighted by Crippen LogP contribution is 2.25. The number of hydrogen-bond donors (Lipinski definition) is 1. The van der Waals surface area contributed by atoms with Crippen LogP contribution in [-0.2, 0) is 10.0 Å². The SMILES string of the molecule is CSC(C)CCNS(=O)(=O)c1cc(C)c(F)c([N+](=O)[O-])c1. The number of thioether (sulfide) groups is 1. The quantitative estimate of drug-likeness (QED) is 0.610. The maximum absolute atomic E-state index is 13.6. The third-order valence-electron chi connectivity index (χ3n) is 2.96. The van der Waals surface area contributed by atoms with E-state index in [1.807, 2.05) is 13.2 Å². The van der Waals surface area contributed by atoms with Gasteiger partial charge in [0.15, 0.2) is 0 Å². The molecule has 0 bridgehead atoms. The predicted molar refractivity (Wildman–Crippen MR) is 80.6 cm³/mol. The fourth-order valence-electron chi connectivity index (χ4n) is 1.60. The molecule has 1 aromatic carbocycles. The summed E-state index contributed by atoms with van der Waals surface area (Å²) in [4.78, 5) is 9.51. The lowest BCUT2D eigenvalue weighted by molar-refractivity contribution is -0.387. The van der Waals surface area contributed by atoms with Crippen molar-refractivity contribution in [3.8, 4) is 0 Å². The molecular formula is C12H17FN2O4S2. The zero-order valence-corrected chi connectivity index (χ0v) is 13.6. The molecule has 6 nitrogen and oxygen atoms in total. The molecule has 0 fully saturated rings. The van der Waals surface area contributed by atoms with Crippen molar-refractivity contribution >= 4 is 27.5 Å². The lowest BCUT2D eigenvalue weighted by atomic mass is 10.2. The molecule has 0 aliphatic rings. The van der Waals surface area contributed by atoms with E-state index < -0.39 is 26.5 Å². The number of nitro benzene ring substituents is 1. The van der Waals surface area contributed by atoms with Gasteiger partial charge in [0.2, 0.25) is 15.8 Å². The number of nitro groups is 1. The Kier molecular flexibility index (Phi) is 6.11. The van der Waals surface area contributed by atoms with E-state index in [2.05, 4.69) is 4.72 Å². The Morgan fingerprint density at radius 2 is 2.10 bits per heavy atom. The van der Waals surface area contributed by atoms with Crippen molar-refractivity contribution < 1.29 is 17.7 Å². The first kappa shape index (κ1) is 17.9. The highest BCUT2D eigenvalue weighted by Gasteiger charge is 2.23.